The third kappa shape index (κ3) is 6.55. The van der Waals surface area contributed by atoms with Crippen LogP contribution >= 0.6 is 0 Å². The molecule has 0 radical (unpaired) electrons. The molecular formula is C23H29FO3. The van der Waals surface area contributed by atoms with E-state index in [-0.39, 0.29) is 11.8 Å². The van der Waals surface area contributed by atoms with E-state index < -0.39 is 0 Å². The minimum Gasteiger partial charge on any atom is -0.496 e. The van der Waals surface area contributed by atoms with Gasteiger partial charge < -0.3 is 9.47 Å². The van der Waals surface area contributed by atoms with Gasteiger partial charge in [-0.2, -0.15) is 0 Å². The Labute approximate surface area is 161 Å². The van der Waals surface area contributed by atoms with Gasteiger partial charge in [0.05, 0.1) is 13.7 Å². The molecule has 0 aliphatic heterocycles. The first-order valence-electron chi connectivity index (χ1n) is 8.93. The Balaban J connectivity index is 3.03. The fraction of sp³-hybridized carbons (Fsp3) is 0.348. The maximum Gasteiger partial charge on any atom is 0.330 e. The standard InChI is InChI=1S/C23H29FO3/c1-8-27-22(25)13-16(3)11-9-10-15(2)12-20(24)23-17(4)14-21(26-7)18(5)19(23)6/h9-14H,8H2,1-7H3/b11-9+,15-10+,16-13+,20-12-. The second-order valence-corrected chi connectivity index (χ2v) is 6.42. The Morgan fingerprint density at radius 1 is 1.11 bits per heavy atom. The Kier molecular flexibility index (Phi) is 8.73. The normalized spacial score (nSPS) is 13.3. The molecule has 1 rings (SSSR count). The molecule has 0 unspecified atom stereocenters. The highest BCUT2D eigenvalue weighted by molar-refractivity contribution is 5.83. The minimum absolute atomic E-state index is 0.281. The maximum atomic E-state index is 14.8. The number of methoxy groups -OCH3 is 1. The molecule has 0 aromatic heterocycles. The Bertz CT molecular complexity index is 811. The lowest BCUT2D eigenvalue weighted by Crippen LogP contribution is -1.99. The molecule has 0 atom stereocenters. The molecule has 1 aromatic carbocycles. The first-order valence-corrected chi connectivity index (χ1v) is 8.93. The first-order chi connectivity index (χ1) is 12.7. The van der Waals surface area contributed by atoms with Crippen LogP contribution in [-0.4, -0.2) is 19.7 Å². The van der Waals surface area contributed by atoms with Crippen LogP contribution in [0.1, 0.15) is 43.0 Å². The van der Waals surface area contributed by atoms with Gasteiger partial charge in [-0.05, 0) is 81.5 Å². The number of carbonyl (C=O) groups excluding carboxylic acids is 1. The fourth-order valence-electron chi connectivity index (χ4n) is 2.71. The fourth-order valence-corrected chi connectivity index (χ4v) is 2.71. The number of benzene rings is 1. The lowest BCUT2D eigenvalue weighted by Gasteiger charge is -2.15. The molecule has 1 aromatic rings. The molecule has 4 heteroatoms. The molecule has 0 aliphatic carbocycles. The van der Waals surface area contributed by atoms with Crippen LogP contribution in [0.15, 0.2) is 47.6 Å². The maximum absolute atomic E-state index is 14.8. The molecule has 0 bridgehead atoms. The van der Waals surface area contributed by atoms with Crippen LogP contribution in [0.2, 0.25) is 0 Å². The van der Waals surface area contributed by atoms with Crippen LogP contribution in [0, 0.1) is 20.8 Å². The SMILES string of the molecule is CCOC(=O)/C=C(C)/C=C/C=C(C)/C=C(\F)c1c(C)cc(OC)c(C)c1C. The highest BCUT2D eigenvalue weighted by atomic mass is 19.1. The number of ether oxygens (including phenoxy) is 2. The van der Waals surface area contributed by atoms with Crippen LogP contribution < -0.4 is 4.74 Å². The van der Waals surface area contributed by atoms with Crippen molar-refractivity contribution in [3.8, 4) is 5.75 Å². The number of rotatable bonds is 7. The van der Waals surface area contributed by atoms with Crippen molar-refractivity contribution in [1.29, 1.82) is 0 Å². The Morgan fingerprint density at radius 3 is 2.37 bits per heavy atom. The molecule has 0 fully saturated rings. The number of hydrogen-bond donors (Lipinski definition) is 0. The van der Waals surface area contributed by atoms with E-state index in [1.54, 1.807) is 39.2 Å². The summed E-state index contributed by atoms with van der Waals surface area (Å²) in [5, 5.41) is 0. The molecule has 0 amide bonds. The van der Waals surface area contributed by atoms with Gasteiger partial charge in [0.2, 0.25) is 0 Å². The molecule has 3 nitrogen and oxygen atoms in total. The summed E-state index contributed by atoms with van der Waals surface area (Å²) in [4.78, 5) is 11.4. The predicted octanol–water partition coefficient (Wildman–Crippen LogP) is 5.94. The Morgan fingerprint density at radius 2 is 1.78 bits per heavy atom. The summed E-state index contributed by atoms with van der Waals surface area (Å²) in [6.07, 6.45) is 8.29. The summed E-state index contributed by atoms with van der Waals surface area (Å²) in [5.41, 5.74) is 4.77. The number of carbonyl (C=O) groups is 1. The molecule has 27 heavy (non-hydrogen) atoms. The van der Waals surface area contributed by atoms with Gasteiger partial charge in [0, 0.05) is 11.6 Å². The summed E-state index contributed by atoms with van der Waals surface area (Å²) in [6, 6.07) is 1.85. The third-order valence-electron chi connectivity index (χ3n) is 4.21. The van der Waals surface area contributed by atoms with Gasteiger partial charge in [0.1, 0.15) is 11.6 Å². The van der Waals surface area contributed by atoms with Crippen molar-refractivity contribution in [3.05, 3.63) is 69.8 Å². The second-order valence-electron chi connectivity index (χ2n) is 6.42. The average molecular weight is 372 g/mol. The number of halogens is 1. The quantitative estimate of drug-likeness (QED) is 0.337. The van der Waals surface area contributed by atoms with Gasteiger partial charge in [0.25, 0.3) is 0 Å². The zero-order valence-electron chi connectivity index (χ0n) is 17.3. The smallest absolute Gasteiger partial charge is 0.330 e. The topological polar surface area (TPSA) is 35.5 Å². The van der Waals surface area contributed by atoms with E-state index in [2.05, 4.69) is 0 Å². The molecule has 0 spiro atoms. The summed E-state index contributed by atoms with van der Waals surface area (Å²) < 4.78 is 25.0. The number of hydrogen-bond acceptors (Lipinski definition) is 3. The Hall–Kier alpha value is -2.62. The summed E-state index contributed by atoms with van der Waals surface area (Å²) in [5.74, 6) is 0.115. The highest BCUT2D eigenvalue weighted by Crippen LogP contribution is 2.32. The highest BCUT2D eigenvalue weighted by Gasteiger charge is 2.14. The van der Waals surface area contributed by atoms with Gasteiger partial charge >= 0.3 is 5.97 Å². The molecule has 0 aliphatic rings. The van der Waals surface area contributed by atoms with Crippen LogP contribution in [0.4, 0.5) is 4.39 Å². The monoisotopic (exact) mass is 372 g/mol. The van der Waals surface area contributed by atoms with Crippen LogP contribution in [0.25, 0.3) is 5.83 Å². The van der Waals surface area contributed by atoms with Crippen molar-refractivity contribution in [2.24, 2.45) is 0 Å². The van der Waals surface area contributed by atoms with Gasteiger partial charge in [-0.25, -0.2) is 9.18 Å². The molecule has 0 N–H and O–H groups in total. The van der Waals surface area contributed by atoms with E-state index in [0.29, 0.717) is 12.2 Å². The predicted molar refractivity (Wildman–Crippen MR) is 110 cm³/mol. The molecule has 0 saturated heterocycles. The van der Waals surface area contributed by atoms with Crippen molar-refractivity contribution >= 4 is 11.8 Å². The van der Waals surface area contributed by atoms with Gasteiger partial charge in [-0.1, -0.05) is 18.2 Å². The van der Waals surface area contributed by atoms with Gasteiger partial charge in [0.15, 0.2) is 0 Å². The van der Waals surface area contributed by atoms with E-state index in [9.17, 15) is 9.18 Å². The van der Waals surface area contributed by atoms with E-state index in [0.717, 1.165) is 33.6 Å². The summed E-state index contributed by atoms with van der Waals surface area (Å²) in [7, 11) is 1.62. The molecule has 146 valence electrons. The summed E-state index contributed by atoms with van der Waals surface area (Å²) in [6.45, 7) is 11.4. The zero-order chi connectivity index (χ0) is 20.6. The van der Waals surface area contributed by atoms with E-state index >= 15 is 0 Å². The van der Waals surface area contributed by atoms with Crippen molar-refractivity contribution in [3.63, 3.8) is 0 Å². The van der Waals surface area contributed by atoms with Gasteiger partial charge in [-0.3, -0.25) is 0 Å². The van der Waals surface area contributed by atoms with Crippen LogP contribution in [0.3, 0.4) is 0 Å². The third-order valence-corrected chi connectivity index (χ3v) is 4.21. The van der Waals surface area contributed by atoms with Crippen LogP contribution in [0.5, 0.6) is 5.75 Å². The minimum atomic E-state index is -0.368. The summed E-state index contributed by atoms with van der Waals surface area (Å²) >= 11 is 0. The molecular weight excluding hydrogens is 343 g/mol. The molecule has 0 heterocycles. The lowest BCUT2D eigenvalue weighted by molar-refractivity contribution is -0.137. The largest absolute Gasteiger partial charge is 0.496 e. The van der Waals surface area contributed by atoms with E-state index in [4.69, 9.17) is 9.47 Å². The van der Waals surface area contributed by atoms with E-state index in [1.165, 1.54) is 12.2 Å². The molecule has 0 saturated carbocycles. The zero-order valence-corrected chi connectivity index (χ0v) is 17.3. The van der Waals surface area contributed by atoms with Crippen molar-refractivity contribution < 1.29 is 18.7 Å². The lowest BCUT2D eigenvalue weighted by atomic mass is 9.95. The average Bonchev–Trinajstić information content (AvgIpc) is 2.58. The first kappa shape index (κ1) is 22.4. The van der Waals surface area contributed by atoms with Crippen molar-refractivity contribution in [2.75, 3.05) is 13.7 Å². The number of esters is 1. The van der Waals surface area contributed by atoms with Crippen molar-refractivity contribution in [2.45, 2.75) is 41.5 Å². The number of allylic oxidation sites excluding steroid dienone is 6. The van der Waals surface area contributed by atoms with Crippen LogP contribution in [-0.2, 0) is 9.53 Å². The van der Waals surface area contributed by atoms with Gasteiger partial charge in [-0.15, -0.1) is 0 Å². The second kappa shape index (κ2) is 10.5. The van der Waals surface area contributed by atoms with E-state index in [1.807, 2.05) is 33.8 Å². The number of aryl methyl sites for hydroxylation is 1. The van der Waals surface area contributed by atoms with Crippen molar-refractivity contribution in [1.82, 2.24) is 0 Å².